The number of carboxylic acids is 1. The molecule has 110 valence electrons. The predicted octanol–water partition coefficient (Wildman–Crippen LogP) is 0.278. The average Bonchev–Trinajstić information content (AvgIpc) is 2.32. The molecule has 0 radical (unpaired) electrons. The number of rotatable bonds is 9. The van der Waals surface area contributed by atoms with Gasteiger partial charge < -0.3 is 16.6 Å². The zero-order valence-corrected chi connectivity index (χ0v) is 11.6. The molecular formula is C10H20N4O4S. The first-order valence-corrected chi connectivity index (χ1v) is 6.69. The maximum Gasteiger partial charge on any atom is 0.303 e. The van der Waals surface area contributed by atoms with Gasteiger partial charge in [0, 0.05) is 18.2 Å². The highest BCUT2D eigenvalue weighted by atomic mass is 32.2. The number of aliphatic imine (C=N–C) groups is 1. The predicted molar refractivity (Wildman–Crippen MR) is 73.7 cm³/mol. The number of carbonyl (C=O) groups is 2. The summed E-state index contributed by atoms with van der Waals surface area (Å²) in [4.78, 5) is 30.6. The van der Waals surface area contributed by atoms with E-state index in [0.29, 0.717) is 26.0 Å². The van der Waals surface area contributed by atoms with Crippen molar-refractivity contribution in [1.29, 1.82) is 0 Å². The van der Waals surface area contributed by atoms with Crippen molar-refractivity contribution < 1.29 is 19.5 Å². The van der Waals surface area contributed by atoms with Crippen LogP contribution in [0, 0.1) is 0 Å². The molecule has 1 unspecified atom stereocenters. The molecule has 0 rings (SSSR count). The Hall–Kier alpha value is -1.48. The topological polar surface area (TPSA) is 140 Å². The number of hydroxylamine groups is 1. The van der Waals surface area contributed by atoms with Crippen molar-refractivity contribution in [2.24, 2.45) is 16.5 Å². The second kappa shape index (κ2) is 10.4. The lowest BCUT2D eigenvalue weighted by atomic mass is 10.2. The number of nitrogens with zero attached hydrogens (tertiary/aromatic N) is 1. The number of hydrogen-bond donors (Lipinski definition) is 4. The first-order chi connectivity index (χ1) is 8.95. The Kier molecular flexibility index (Phi) is 9.63. The molecule has 0 aliphatic rings. The fourth-order valence-corrected chi connectivity index (χ4v) is 2.06. The average molecular weight is 292 g/mol. The fourth-order valence-electron chi connectivity index (χ4n) is 1.19. The maximum absolute atomic E-state index is 11.4. The Morgan fingerprint density at radius 2 is 2.11 bits per heavy atom. The van der Waals surface area contributed by atoms with E-state index in [0.717, 1.165) is 11.8 Å². The molecule has 0 saturated carbocycles. The largest absolute Gasteiger partial charge is 0.481 e. The Balaban J connectivity index is 4.19. The van der Waals surface area contributed by atoms with Crippen molar-refractivity contribution in [3.8, 4) is 0 Å². The third kappa shape index (κ3) is 11.3. The molecule has 0 aliphatic carbocycles. The van der Waals surface area contributed by atoms with Crippen LogP contribution in [0.25, 0.3) is 0 Å². The van der Waals surface area contributed by atoms with Crippen LogP contribution in [0.2, 0.25) is 0 Å². The van der Waals surface area contributed by atoms with E-state index in [4.69, 9.17) is 21.4 Å². The molecule has 9 heteroatoms. The summed E-state index contributed by atoms with van der Waals surface area (Å²) < 4.78 is 0. The minimum absolute atomic E-state index is 0.0125. The summed E-state index contributed by atoms with van der Waals surface area (Å²) in [5.74, 6) is -0.932. The maximum atomic E-state index is 11.4. The van der Waals surface area contributed by atoms with E-state index >= 15 is 0 Å². The van der Waals surface area contributed by atoms with E-state index in [-0.39, 0.29) is 22.9 Å². The van der Waals surface area contributed by atoms with Crippen LogP contribution in [0.15, 0.2) is 4.99 Å². The van der Waals surface area contributed by atoms with Crippen molar-refractivity contribution in [2.45, 2.75) is 31.4 Å². The number of nitrogens with two attached hydrogens (primary N) is 2. The minimum atomic E-state index is -0.905. The normalized spacial score (nSPS) is 11.6. The van der Waals surface area contributed by atoms with Crippen molar-refractivity contribution in [3.05, 3.63) is 0 Å². The summed E-state index contributed by atoms with van der Waals surface area (Å²) in [6.45, 7) is 2.45. The highest BCUT2D eigenvalue weighted by Crippen LogP contribution is 2.20. The number of hydrogen-bond acceptors (Lipinski definition) is 5. The molecular weight excluding hydrogens is 272 g/mol. The zero-order chi connectivity index (χ0) is 14.7. The third-order valence-corrected chi connectivity index (χ3v) is 3.10. The van der Waals surface area contributed by atoms with Gasteiger partial charge in [0.15, 0.2) is 5.96 Å². The summed E-state index contributed by atoms with van der Waals surface area (Å²) in [7, 11) is 0. The third-order valence-electron chi connectivity index (χ3n) is 2.00. The van der Waals surface area contributed by atoms with Crippen LogP contribution in [-0.4, -0.2) is 40.7 Å². The molecule has 19 heavy (non-hydrogen) atoms. The molecule has 0 aromatic heterocycles. The standard InChI is InChI=1S/C10H20N4O4S/c1-2-18-14-10(17)19-7(3-4-8(15)16)5-6-13-9(11)12/h7H,2-6H2,1H3,(H,14,17)(H,15,16)(H4,11,12,13). The molecule has 1 amide bonds. The van der Waals surface area contributed by atoms with E-state index in [2.05, 4.69) is 10.5 Å². The molecule has 1 atom stereocenters. The van der Waals surface area contributed by atoms with Gasteiger partial charge in [-0.2, -0.15) is 0 Å². The lowest BCUT2D eigenvalue weighted by Gasteiger charge is -2.13. The first-order valence-electron chi connectivity index (χ1n) is 5.81. The van der Waals surface area contributed by atoms with Crippen molar-refractivity contribution in [2.75, 3.05) is 13.2 Å². The molecule has 8 nitrogen and oxygen atoms in total. The highest BCUT2D eigenvalue weighted by molar-refractivity contribution is 8.14. The minimum Gasteiger partial charge on any atom is -0.481 e. The molecule has 0 aromatic rings. The van der Waals surface area contributed by atoms with Gasteiger partial charge in [-0.15, -0.1) is 0 Å². The van der Waals surface area contributed by atoms with Crippen molar-refractivity contribution in [3.63, 3.8) is 0 Å². The van der Waals surface area contributed by atoms with Gasteiger partial charge in [-0.3, -0.25) is 19.4 Å². The quantitative estimate of drug-likeness (QED) is 0.272. The monoisotopic (exact) mass is 292 g/mol. The van der Waals surface area contributed by atoms with Gasteiger partial charge in [0.2, 0.25) is 0 Å². The smallest absolute Gasteiger partial charge is 0.303 e. The fraction of sp³-hybridized carbons (Fsp3) is 0.700. The van der Waals surface area contributed by atoms with Crippen LogP contribution in [0.1, 0.15) is 26.2 Å². The van der Waals surface area contributed by atoms with Crippen LogP contribution in [0.4, 0.5) is 4.79 Å². The number of aliphatic carboxylic acids is 1. The lowest BCUT2D eigenvalue weighted by molar-refractivity contribution is -0.137. The Labute approximate surface area is 115 Å². The number of nitrogens with one attached hydrogen (secondary N) is 1. The molecule has 0 aliphatic heterocycles. The molecule has 0 aromatic carbocycles. The van der Waals surface area contributed by atoms with Crippen LogP contribution < -0.4 is 16.9 Å². The summed E-state index contributed by atoms with van der Waals surface area (Å²) in [5, 5.41) is 8.11. The van der Waals surface area contributed by atoms with E-state index in [1.165, 1.54) is 0 Å². The number of amides is 1. The Bertz CT molecular complexity index is 321. The molecule has 0 spiro atoms. The number of carboxylic acid groups (broad SMARTS) is 1. The molecule has 0 heterocycles. The second-order valence-corrected chi connectivity index (χ2v) is 4.86. The van der Waals surface area contributed by atoms with E-state index < -0.39 is 5.97 Å². The molecule has 0 saturated heterocycles. The number of carbonyl (C=O) groups excluding carboxylic acids is 1. The Morgan fingerprint density at radius 1 is 1.42 bits per heavy atom. The van der Waals surface area contributed by atoms with Crippen molar-refractivity contribution >= 4 is 28.9 Å². The van der Waals surface area contributed by atoms with Crippen LogP contribution in [0.5, 0.6) is 0 Å². The SMILES string of the molecule is CCONC(=O)SC(CCN=C(N)N)CCC(=O)O. The summed E-state index contributed by atoms with van der Waals surface area (Å²) >= 11 is 0.989. The van der Waals surface area contributed by atoms with Crippen LogP contribution in [0.3, 0.4) is 0 Å². The Morgan fingerprint density at radius 3 is 2.63 bits per heavy atom. The highest BCUT2D eigenvalue weighted by Gasteiger charge is 2.16. The molecule has 6 N–H and O–H groups in total. The number of guanidine groups is 1. The number of thioether (sulfide) groups is 1. The first kappa shape index (κ1) is 17.5. The summed E-state index contributed by atoms with van der Waals surface area (Å²) in [6.07, 6.45) is 0.857. The van der Waals surface area contributed by atoms with E-state index in [1.54, 1.807) is 6.92 Å². The van der Waals surface area contributed by atoms with Crippen LogP contribution >= 0.6 is 11.8 Å². The van der Waals surface area contributed by atoms with Gasteiger partial charge in [0.05, 0.1) is 6.61 Å². The van der Waals surface area contributed by atoms with Gasteiger partial charge in [0.1, 0.15) is 0 Å². The van der Waals surface area contributed by atoms with Gasteiger partial charge >= 0.3 is 11.2 Å². The van der Waals surface area contributed by atoms with E-state index in [1.807, 2.05) is 0 Å². The lowest BCUT2D eigenvalue weighted by Crippen LogP contribution is -2.24. The summed E-state index contributed by atoms with van der Waals surface area (Å²) in [5.41, 5.74) is 12.6. The zero-order valence-electron chi connectivity index (χ0n) is 10.8. The van der Waals surface area contributed by atoms with Gasteiger partial charge in [-0.25, -0.2) is 5.48 Å². The van der Waals surface area contributed by atoms with Gasteiger partial charge in [0.25, 0.3) is 0 Å². The van der Waals surface area contributed by atoms with Crippen LogP contribution in [-0.2, 0) is 9.63 Å². The second-order valence-electron chi connectivity index (χ2n) is 3.59. The summed E-state index contributed by atoms with van der Waals surface area (Å²) in [6, 6.07) is 0. The van der Waals surface area contributed by atoms with Gasteiger partial charge in [-0.05, 0) is 19.8 Å². The van der Waals surface area contributed by atoms with Crippen molar-refractivity contribution in [1.82, 2.24) is 5.48 Å². The van der Waals surface area contributed by atoms with Gasteiger partial charge in [-0.1, -0.05) is 11.8 Å². The molecule has 0 fully saturated rings. The molecule has 0 bridgehead atoms. The van der Waals surface area contributed by atoms with E-state index in [9.17, 15) is 9.59 Å².